The molecule has 11 nitrogen and oxygen atoms in total. The van der Waals surface area contributed by atoms with E-state index in [9.17, 15) is 9.59 Å². The topological polar surface area (TPSA) is 146 Å². The highest BCUT2D eigenvalue weighted by Crippen LogP contribution is 2.25. The van der Waals surface area contributed by atoms with Crippen LogP contribution in [0.2, 0.25) is 0 Å². The summed E-state index contributed by atoms with van der Waals surface area (Å²) in [6, 6.07) is 6.84. The maximum absolute atomic E-state index is 12.8. The maximum atomic E-state index is 12.8. The van der Waals surface area contributed by atoms with Gasteiger partial charge in [-0.1, -0.05) is 6.07 Å². The zero-order valence-corrected chi connectivity index (χ0v) is 18.9. The summed E-state index contributed by atoms with van der Waals surface area (Å²) in [6.45, 7) is 6.39. The van der Waals surface area contributed by atoms with E-state index in [0.29, 0.717) is 30.4 Å². The molecular weight excluding hydrogens is 422 g/mol. The van der Waals surface area contributed by atoms with Gasteiger partial charge in [0.15, 0.2) is 5.84 Å². The first-order valence-corrected chi connectivity index (χ1v) is 11.0. The molecule has 4 heterocycles. The van der Waals surface area contributed by atoms with Crippen LogP contribution in [-0.4, -0.2) is 61.7 Å². The highest BCUT2D eigenvalue weighted by Gasteiger charge is 2.29. The standard InChI is InChI=1S/C22H29N9O2/c1-14(2)31(24)20(28-23)17-6-5-7-19(26-17)27-21(32)18-10-15-12-30(13-16(15)11-25-18)22(33)29-8-3-4-9-29/h5-7,10-11,14H,3-4,8-9,12-13,23-24H2,1-2H3,(H,26,27,32)/b28-20-. The van der Waals surface area contributed by atoms with Crippen LogP contribution in [0, 0.1) is 0 Å². The Morgan fingerprint density at radius 3 is 2.55 bits per heavy atom. The molecule has 0 saturated carbocycles. The number of urea groups is 1. The molecule has 3 amide bonds. The van der Waals surface area contributed by atoms with E-state index in [2.05, 4.69) is 20.4 Å². The Labute approximate surface area is 192 Å². The van der Waals surface area contributed by atoms with Crippen molar-refractivity contribution in [1.29, 1.82) is 0 Å². The monoisotopic (exact) mass is 451 g/mol. The quantitative estimate of drug-likeness (QED) is 0.276. The molecule has 2 aromatic heterocycles. The molecule has 1 saturated heterocycles. The SMILES string of the molecule is CC(C)N(N)/C(=N\N)c1cccc(NC(=O)c2cc3c(cn2)CN(C(=O)N2CCCC2)C3)n1. The van der Waals surface area contributed by atoms with Crippen LogP contribution in [0.5, 0.6) is 0 Å². The van der Waals surface area contributed by atoms with Crippen LogP contribution in [0.3, 0.4) is 0 Å². The Hall–Kier alpha value is -3.73. The Morgan fingerprint density at radius 1 is 1.12 bits per heavy atom. The zero-order valence-electron chi connectivity index (χ0n) is 18.9. The Kier molecular flexibility index (Phi) is 6.40. The lowest BCUT2D eigenvalue weighted by molar-refractivity contribution is 0.102. The molecule has 2 aliphatic rings. The van der Waals surface area contributed by atoms with Crippen LogP contribution in [0.1, 0.15) is 54.0 Å². The van der Waals surface area contributed by atoms with Crippen LogP contribution < -0.4 is 17.0 Å². The lowest BCUT2D eigenvalue weighted by atomic mass is 10.1. The van der Waals surface area contributed by atoms with E-state index in [-0.39, 0.29) is 17.8 Å². The summed E-state index contributed by atoms with van der Waals surface area (Å²) < 4.78 is 0. The van der Waals surface area contributed by atoms with Gasteiger partial charge in [-0.3, -0.25) is 14.8 Å². The fraction of sp³-hybridized carbons (Fsp3) is 0.409. The van der Waals surface area contributed by atoms with E-state index in [1.165, 1.54) is 5.01 Å². The molecule has 1 fully saturated rings. The number of amidine groups is 1. The molecule has 0 unspecified atom stereocenters. The predicted octanol–water partition coefficient (Wildman–Crippen LogP) is 1.46. The number of nitrogens with zero attached hydrogens (tertiary/aromatic N) is 6. The number of amides is 3. The minimum absolute atomic E-state index is 0.0418. The summed E-state index contributed by atoms with van der Waals surface area (Å²) in [5.74, 6) is 11.8. The maximum Gasteiger partial charge on any atom is 0.320 e. The van der Waals surface area contributed by atoms with Gasteiger partial charge in [0.25, 0.3) is 5.91 Å². The number of nitrogens with two attached hydrogens (primary N) is 2. The molecule has 5 N–H and O–H groups in total. The van der Waals surface area contributed by atoms with Crippen molar-refractivity contribution in [1.82, 2.24) is 24.8 Å². The van der Waals surface area contributed by atoms with Crippen molar-refractivity contribution in [3.05, 3.63) is 53.0 Å². The van der Waals surface area contributed by atoms with Gasteiger partial charge < -0.3 is 21.0 Å². The fourth-order valence-electron chi connectivity index (χ4n) is 3.97. The second-order valence-corrected chi connectivity index (χ2v) is 8.49. The molecule has 33 heavy (non-hydrogen) atoms. The molecule has 0 atom stereocenters. The van der Waals surface area contributed by atoms with Crippen molar-refractivity contribution >= 4 is 23.6 Å². The number of rotatable bonds is 4. The number of likely N-dealkylation sites (tertiary alicyclic amines) is 1. The summed E-state index contributed by atoms with van der Waals surface area (Å²) in [7, 11) is 0. The van der Waals surface area contributed by atoms with Gasteiger partial charge in [-0.05, 0) is 56.0 Å². The minimum atomic E-state index is -0.397. The smallest absolute Gasteiger partial charge is 0.320 e. The normalized spacial score (nSPS) is 15.7. The highest BCUT2D eigenvalue weighted by atomic mass is 16.2. The number of hydrazone groups is 1. The van der Waals surface area contributed by atoms with Gasteiger partial charge in [0.2, 0.25) is 0 Å². The largest absolute Gasteiger partial charge is 0.325 e. The van der Waals surface area contributed by atoms with Crippen molar-refractivity contribution in [2.45, 2.75) is 45.8 Å². The van der Waals surface area contributed by atoms with Crippen molar-refractivity contribution in [2.75, 3.05) is 18.4 Å². The molecule has 2 aromatic rings. The van der Waals surface area contributed by atoms with Crippen molar-refractivity contribution in [3.63, 3.8) is 0 Å². The number of fused-ring (bicyclic) bond motifs is 1. The third-order valence-electron chi connectivity index (χ3n) is 5.83. The van der Waals surface area contributed by atoms with Crippen molar-refractivity contribution in [3.8, 4) is 0 Å². The van der Waals surface area contributed by atoms with Crippen LogP contribution in [-0.2, 0) is 13.1 Å². The van der Waals surface area contributed by atoms with Gasteiger partial charge in [0.05, 0.1) is 0 Å². The molecule has 0 radical (unpaired) electrons. The molecule has 2 aliphatic heterocycles. The van der Waals surface area contributed by atoms with Gasteiger partial charge in [0, 0.05) is 38.4 Å². The molecule has 11 heteroatoms. The van der Waals surface area contributed by atoms with E-state index in [1.54, 1.807) is 35.4 Å². The first-order chi connectivity index (χ1) is 15.9. The number of carbonyl (C=O) groups is 2. The van der Waals surface area contributed by atoms with E-state index in [1.807, 2.05) is 18.7 Å². The summed E-state index contributed by atoms with van der Waals surface area (Å²) in [5, 5.41) is 7.91. The average Bonchev–Trinajstić information content (AvgIpc) is 3.49. The number of aromatic nitrogens is 2. The average molecular weight is 452 g/mol. The lowest BCUT2D eigenvalue weighted by Gasteiger charge is -2.23. The van der Waals surface area contributed by atoms with Crippen LogP contribution in [0.15, 0.2) is 35.6 Å². The lowest BCUT2D eigenvalue weighted by Crippen LogP contribution is -2.44. The van der Waals surface area contributed by atoms with Gasteiger partial charge in [-0.25, -0.2) is 15.6 Å². The second kappa shape index (κ2) is 9.41. The van der Waals surface area contributed by atoms with Crippen LogP contribution >= 0.6 is 0 Å². The van der Waals surface area contributed by atoms with E-state index in [4.69, 9.17) is 11.7 Å². The predicted molar refractivity (Wildman–Crippen MR) is 124 cm³/mol. The van der Waals surface area contributed by atoms with E-state index >= 15 is 0 Å². The Bertz CT molecular complexity index is 1080. The van der Waals surface area contributed by atoms with Crippen LogP contribution in [0.25, 0.3) is 0 Å². The molecule has 174 valence electrons. The molecule has 0 aromatic carbocycles. The Balaban J connectivity index is 1.45. The summed E-state index contributed by atoms with van der Waals surface area (Å²) >= 11 is 0. The van der Waals surface area contributed by atoms with E-state index < -0.39 is 5.91 Å². The third-order valence-corrected chi connectivity index (χ3v) is 5.83. The van der Waals surface area contributed by atoms with E-state index in [0.717, 1.165) is 37.1 Å². The molecule has 0 aliphatic carbocycles. The second-order valence-electron chi connectivity index (χ2n) is 8.49. The third kappa shape index (κ3) is 4.72. The number of nitrogens with one attached hydrogen (secondary N) is 1. The van der Waals surface area contributed by atoms with Gasteiger partial charge in [0.1, 0.15) is 17.2 Å². The number of hydrazine groups is 1. The zero-order chi connectivity index (χ0) is 23.5. The first-order valence-electron chi connectivity index (χ1n) is 11.0. The molecule has 4 rings (SSSR count). The first kappa shape index (κ1) is 22.5. The fourth-order valence-corrected chi connectivity index (χ4v) is 3.97. The summed E-state index contributed by atoms with van der Waals surface area (Å²) in [6.07, 6.45) is 3.76. The van der Waals surface area contributed by atoms with Gasteiger partial charge in [-0.15, -0.1) is 0 Å². The minimum Gasteiger partial charge on any atom is -0.325 e. The molecule has 0 spiro atoms. The highest BCUT2D eigenvalue weighted by molar-refractivity contribution is 6.03. The number of hydrogen-bond donors (Lipinski definition) is 3. The number of pyridine rings is 2. The summed E-state index contributed by atoms with van der Waals surface area (Å²) in [5.41, 5.74) is 2.58. The summed E-state index contributed by atoms with van der Waals surface area (Å²) in [4.78, 5) is 37.9. The molecule has 0 bridgehead atoms. The van der Waals surface area contributed by atoms with Crippen molar-refractivity contribution in [2.24, 2.45) is 16.8 Å². The Morgan fingerprint density at radius 2 is 1.85 bits per heavy atom. The van der Waals surface area contributed by atoms with Crippen LogP contribution in [0.4, 0.5) is 10.6 Å². The number of carbonyl (C=O) groups excluding carboxylic acids is 2. The van der Waals surface area contributed by atoms with Gasteiger partial charge >= 0.3 is 6.03 Å². The molecular formula is C22H29N9O2. The van der Waals surface area contributed by atoms with Gasteiger partial charge in [-0.2, -0.15) is 5.10 Å². The number of hydrogen-bond acceptors (Lipinski definition) is 7. The number of anilines is 1. The van der Waals surface area contributed by atoms with Crippen molar-refractivity contribution < 1.29 is 9.59 Å².